The highest BCUT2D eigenvalue weighted by molar-refractivity contribution is 5.70. The van der Waals surface area contributed by atoms with Crippen LogP contribution in [0, 0.1) is 5.82 Å². The lowest BCUT2D eigenvalue weighted by Gasteiger charge is -2.43. The van der Waals surface area contributed by atoms with Crippen molar-refractivity contribution in [3.63, 3.8) is 0 Å². The van der Waals surface area contributed by atoms with E-state index in [1.807, 2.05) is 31.2 Å². The lowest BCUT2D eigenvalue weighted by atomic mass is 9.85. The fourth-order valence-electron chi connectivity index (χ4n) is 3.60. The Kier molecular flexibility index (Phi) is 5.61. The van der Waals surface area contributed by atoms with E-state index in [-0.39, 0.29) is 18.5 Å². The molecule has 0 aliphatic carbocycles. The molecule has 3 rings (SSSR count). The van der Waals surface area contributed by atoms with E-state index in [1.165, 1.54) is 12.1 Å². The van der Waals surface area contributed by atoms with Crippen molar-refractivity contribution in [2.24, 2.45) is 0 Å². The van der Waals surface area contributed by atoms with Gasteiger partial charge in [0, 0.05) is 19.4 Å². The summed E-state index contributed by atoms with van der Waals surface area (Å²) in [5.41, 5.74) is 1.69. The number of nitrogens with zero attached hydrogens (tertiary/aromatic N) is 1. The SMILES string of the molecule is C=CC[C@]1(c2ccc(F)cc2)CCN([C@@H](C)c2cccc(CO)c2)C(=O)O1. The van der Waals surface area contributed by atoms with Gasteiger partial charge in [-0.3, -0.25) is 0 Å². The topological polar surface area (TPSA) is 49.8 Å². The molecular weight excluding hydrogens is 345 g/mol. The Hall–Kier alpha value is -2.66. The molecule has 2 atom stereocenters. The van der Waals surface area contributed by atoms with Gasteiger partial charge in [-0.1, -0.05) is 42.5 Å². The van der Waals surface area contributed by atoms with Crippen LogP contribution in [0.25, 0.3) is 0 Å². The fourth-order valence-corrected chi connectivity index (χ4v) is 3.60. The zero-order chi connectivity index (χ0) is 19.4. The maximum atomic E-state index is 13.3. The molecule has 0 spiro atoms. The van der Waals surface area contributed by atoms with Crippen LogP contribution in [0.4, 0.5) is 9.18 Å². The van der Waals surface area contributed by atoms with Gasteiger partial charge in [0.15, 0.2) is 0 Å². The lowest BCUT2D eigenvalue weighted by Crippen LogP contribution is -2.48. The second kappa shape index (κ2) is 7.92. The molecule has 2 aromatic rings. The van der Waals surface area contributed by atoms with Gasteiger partial charge < -0.3 is 14.7 Å². The Morgan fingerprint density at radius 2 is 2.07 bits per heavy atom. The number of cyclic esters (lactones) is 1. The molecule has 2 aromatic carbocycles. The number of ether oxygens (including phenoxy) is 1. The third-order valence-electron chi connectivity index (χ3n) is 5.20. The first-order valence-corrected chi connectivity index (χ1v) is 9.05. The molecule has 0 aromatic heterocycles. The van der Waals surface area contributed by atoms with Crippen LogP contribution in [0.3, 0.4) is 0 Å². The van der Waals surface area contributed by atoms with E-state index in [0.717, 1.165) is 16.7 Å². The highest BCUT2D eigenvalue weighted by Crippen LogP contribution is 2.39. The number of hydrogen-bond donors (Lipinski definition) is 1. The predicted molar refractivity (Wildman–Crippen MR) is 101 cm³/mol. The average Bonchev–Trinajstić information content (AvgIpc) is 2.68. The number of carbonyl (C=O) groups excluding carboxylic acids is 1. The third kappa shape index (κ3) is 3.88. The van der Waals surface area contributed by atoms with Crippen molar-refractivity contribution >= 4 is 6.09 Å². The van der Waals surface area contributed by atoms with Gasteiger partial charge in [-0.05, 0) is 35.7 Å². The van der Waals surface area contributed by atoms with Crippen molar-refractivity contribution in [3.8, 4) is 0 Å². The van der Waals surface area contributed by atoms with Crippen molar-refractivity contribution in [1.82, 2.24) is 4.90 Å². The van der Waals surface area contributed by atoms with E-state index in [1.54, 1.807) is 23.1 Å². The summed E-state index contributed by atoms with van der Waals surface area (Å²) in [5.74, 6) is -0.325. The first-order chi connectivity index (χ1) is 13.0. The summed E-state index contributed by atoms with van der Waals surface area (Å²) in [6.07, 6.45) is 2.36. The molecule has 142 valence electrons. The van der Waals surface area contributed by atoms with Gasteiger partial charge in [0.2, 0.25) is 0 Å². The number of aliphatic hydroxyl groups is 1. The molecule has 1 amide bonds. The van der Waals surface area contributed by atoms with Crippen molar-refractivity contribution in [1.29, 1.82) is 0 Å². The van der Waals surface area contributed by atoms with Crippen LogP contribution >= 0.6 is 0 Å². The van der Waals surface area contributed by atoms with E-state index >= 15 is 0 Å². The Bertz CT molecular complexity index is 821. The lowest BCUT2D eigenvalue weighted by molar-refractivity contribution is -0.0588. The van der Waals surface area contributed by atoms with Gasteiger partial charge in [0.25, 0.3) is 0 Å². The summed E-state index contributed by atoms with van der Waals surface area (Å²) in [6.45, 7) is 6.19. The van der Waals surface area contributed by atoms with Gasteiger partial charge in [0.05, 0.1) is 12.6 Å². The second-order valence-electron chi connectivity index (χ2n) is 6.88. The number of rotatable bonds is 6. The molecule has 27 heavy (non-hydrogen) atoms. The fraction of sp³-hybridized carbons (Fsp3) is 0.318. The number of halogens is 1. The molecule has 5 heteroatoms. The van der Waals surface area contributed by atoms with Gasteiger partial charge in [-0.25, -0.2) is 9.18 Å². The highest BCUT2D eigenvalue weighted by atomic mass is 19.1. The van der Waals surface area contributed by atoms with Gasteiger partial charge in [0.1, 0.15) is 11.4 Å². The summed E-state index contributed by atoms with van der Waals surface area (Å²) < 4.78 is 19.2. The predicted octanol–water partition coefficient (Wildman–Crippen LogP) is 4.69. The van der Waals surface area contributed by atoms with Crippen LogP contribution in [0.15, 0.2) is 61.2 Å². The van der Waals surface area contributed by atoms with E-state index in [4.69, 9.17) is 4.74 Å². The molecule has 0 bridgehead atoms. The molecule has 0 unspecified atom stereocenters. The molecular formula is C22H24FNO3. The summed E-state index contributed by atoms with van der Waals surface area (Å²) in [5, 5.41) is 9.34. The number of carbonyl (C=O) groups is 1. The molecule has 0 saturated carbocycles. The minimum Gasteiger partial charge on any atom is -0.437 e. The molecule has 1 N–H and O–H groups in total. The highest BCUT2D eigenvalue weighted by Gasteiger charge is 2.42. The monoisotopic (exact) mass is 369 g/mol. The van der Waals surface area contributed by atoms with E-state index in [0.29, 0.717) is 19.4 Å². The molecule has 1 aliphatic heterocycles. The van der Waals surface area contributed by atoms with E-state index in [2.05, 4.69) is 6.58 Å². The first kappa shape index (κ1) is 19.1. The van der Waals surface area contributed by atoms with E-state index in [9.17, 15) is 14.3 Å². The smallest absolute Gasteiger partial charge is 0.411 e. The van der Waals surface area contributed by atoms with Crippen molar-refractivity contribution in [2.75, 3.05) is 6.54 Å². The Morgan fingerprint density at radius 1 is 1.33 bits per heavy atom. The summed E-state index contributed by atoms with van der Waals surface area (Å²) in [7, 11) is 0. The largest absolute Gasteiger partial charge is 0.437 e. The molecule has 1 aliphatic rings. The number of aliphatic hydroxyl groups excluding tert-OH is 1. The van der Waals surface area contributed by atoms with Crippen LogP contribution in [-0.2, 0) is 16.9 Å². The van der Waals surface area contributed by atoms with Crippen molar-refractivity contribution in [2.45, 2.75) is 38.0 Å². The maximum Gasteiger partial charge on any atom is 0.411 e. The standard InChI is InChI=1S/C22H24FNO3/c1-3-11-22(19-7-9-20(23)10-8-19)12-13-24(21(26)27-22)16(2)18-6-4-5-17(14-18)15-25/h3-10,14,16,25H,1,11-13,15H2,2H3/t16-,22+/m0/s1. The Labute approximate surface area is 158 Å². The van der Waals surface area contributed by atoms with Gasteiger partial charge in [-0.15, -0.1) is 6.58 Å². The van der Waals surface area contributed by atoms with Crippen molar-refractivity contribution in [3.05, 3.63) is 83.7 Å². The Morgan fingerprint density at radius 3 is 2.70 bits per heavy atom. The minimum absolute atomic E-state index is 0.0436. The number of amides is 1. The van der Waals surface area contributed by atoms with E-state index < -0.39 is 11.7 Å². The molecule has 0 radical (unpaired) electrons. The zero-order valence-corrected chi connectivity index (χ0v) is 15.4. The minimum atomic E-state index is -0.824. The zero-order valence-electron chi connectivity index (χ0n) is 15.4. The quantitative estimate of drug-likeness (QED) is 0.752. The normalized spacial score (nSPS) is 20.9. The summed E-state index contributed by atoms with van der Waals surface area (Å²) in [4.78, 5) is 14.5. The molecule has 1 fully saturated rings. The van der Waals surface area contributed by atoms with Crippen LogP contribution in [0.2, 0.25) is 0 Å². The summed E-state index contributed by atoms with van der Waals surface area (Å²) >= 11 is 0. The van der Waals surface area contributed by atoms with Gasteiger partial charge in [-0.2, -0.15) is 0 Å². The van der Waals surface area contributed by atoms with Crippen LogP contribution in [0.1, 0.15) is 42.5 Å². The molecule has 1 saturated heterocycles. The molecule has 1 heterocycles. The maximum absolute atomic E-state index is 13.3. The van der Waals surface area contributed by atoms with Crippen LogP contribution in [-0.4, -0.2) is 22.6 Å². The van der Waals surface area contributed by atoms with Crippen LogP contribution in [0.5, 0.6) is 0 Å². The van der Waals surface area contributed by atoms with Gasteiger partial charge >= 0.3 is 6.09 Å². The van der Waals surface area contributed by atoms with Crippen LogP contribution < -0.4 is 0 Å². The average molecular weight is 369 g/mol. The second-order valence-corrected chi connectivity index (χ2v) is 6.88. The number of hydrogen-bond acceptors (Lipinski definition) is 3. The Balaban J connectivity index is 1.83. The number of benzene rings is 2. The van der Waals surface area contributed by atoms with Crippen molar-refractivity contribution < 1.29 is 19.0 Å². The third-order valence-corrected chi connectivity index (χ3v) is 5.20. The summed E-state index contributed by atoms with van der Waals surface area (Å²) in [6, 6.07) is 13.4. The molecule has 4 nitrogen and oxygen atoms in total. The first-order valence-electron chi connectivity index (χ1n) is 9.05.